The Labute approximate surface area is 95.0 Å². The third kappa shape index (κ3) is 3.36. The van der Waals surface area contributed by atoms with E-state index in [0.717, 1.165) is 4.47 Å². The normalized spacial score (nSPS) is 11.9. The summed E-state index contributed by atoms with van der Waals surface area (Å²) in [6, 6.07) is 6.56. The summed E-state index contributed by atoms with van der Waals surface area (Å²) in [6.07, 6.45) is -1.24. The molecule has 4 nitrogen and oxygen atoms in total. The van der Waals surface area contributed by atoms with Crippen LogP contribution in [-0.2, 0) is 14.3 Å². The second-order valence-corrected chi connectivity index (χ2v) is 3.79. The van der Waals surface area contributed by atoms with Gasteiger partial charge in [0.25, 0.3) is 0 Å². The van der Waals surface area contributed by atoms with Crippen LogP contribution in [0.4, 0.5) is 0 Å². The highest BCUT2D eigenvalue weighted by Gasteiger charge is 2.22. The Morgan fingerprint density at radius 3 is 2.27 bits per heavy atom. The fourth-order valence-corrected chi connectivity index (χ4v) is 1.33. The standard InChI is InChI=1S/C10H9BrO4/c1-6(12)15-9(10(13)14)7-2-4-8(11)5-3-7/h2-5,9H,1H3,(H,13,14). The summed E-state index contributed by atoms with van der Waals surface area (Å²) in [5, 5.41) is 8.86. The van der Waals surface area contributed by atoms with Crippen LogP contribution in [-0.4, -0.2) is 17.0 Å². The van der Waals surface area contributed by atoms with E-state index >= 15 is 0 Å². The molecule has 1 rings (SSSR count). The number of carbonyl (C=O) groups excluding carboxylic acids is 1. The lowest BCUT2D eigenvalue weighted by Gasteiger charge is -2.12. The van der Waals surface area contributed by atoms with Gasteiger partial charge in [-0.15, -0.1) is 0 Å². The minimum Gasteiger partial charge on any atom is -0.478 e. The van der Waals surface area contributed by atoms with Crippen molar-refractivity contribution in [1.82, 2.24) is 0 Å². The number of esters is 1. The third-order valence-corrected chi connectivity index (χ3v) is 2.21. The minimum absolute atomic E-state index is 0.431. The minimum atomic E-state index is -1.24. The van der Waals surface area contributed by atoms with Crippen LogP contribution >= 0.6 is 15.9 Å². The van der Waals surface area contributed by atoms with Gasteiger partial charge >= 0.3 is 11.9 Å². The summed E-state index contributed by atoms with van der Waals surface area (Å²) in [5.74, 6) is -1.81. The molecule has 1 aromatic rings. The Bertz CT molecular complexity index is 372. The lowest BCUT2D eigenvalue weighted by atomic mass is 10.1. The average Bonchev–Trinajstić information content (AvgIpc) is 2.15. The molecule has 1 atom stereocenters. The van der Waals surface area contributed by atoms with Gasteiger partial charge in [0.05, 0.1) is 0 Å². The molecule has 0 heterocycles. The highest BCUT2D eigenvalue weighted by atomic mass is 79.9. The highest BCUT2D eigenvalue weighted by molar-refractivity contribution is 9.10. The van der Waals surface area contributed by atoms with Crippen LogP contribution in [0, 0.1) is 0 Å². The average molecular weight is 273 g/mol. The zero-order chi connectivity index (χ0) is 11.4. The molecule has 15 heavy (non-hydrogen) atoms. The zero-order valence-corrected chi connectivity index (χ0v) is 9.52. The fourth-order valence-electron chi connectivity index (χ4n) is 1.06. The lowest BCUT2D eigenvalue weighted by molar-refractivity contribution is -0.163. The van der Waals surface area contributed by atoms with E-state index in [0.29, 0.717) is 5.56 Å². The van der Waals surface area contributed by atoms with Gasteiger partial charge in [0.2, 0.25) is 6.10 Å². The first kappa shape index (κ1) is 11.7. The maximum Gasteiger partial charge on any atom is 0.349 e. The Morgan fingerprint density at radius 1 is 1.33 bits per heavy atom. The quantitative estimate of drug-likeness (QED) is 0.857. The molecule has 0 bridgehead atoms. The van der Waals surface area contributed by atoms with E-state index in [9.17, 15) is 9.59 Å². The van der Waals surface area contributed by atoms with E-state index < -0.39 is 18.0 Å². The number of carbonyl (C=O) groups is 2. The van der Waals surface area contributed by atoms with E-state index in [4.69, 9.17) is 5.11 Å². The van der Waals surface area contributed by atoms with Crippen molar-refractivity contribution in [1.29, 1.82) is 0 Å². The summed E-state index contributed by atoms with van der Waals surface area (Å²) in [6.45, 7) is 1.18. The van der Waals surface area contributed by atoms with Crippen molar-refractivity contribution >= 4 is 27.9 Å². The van der Waals surface area contributed by atoms with Gasteiger partial charge in [0.15, 0.2) is 0 Å². The molecular weight excluding hydrogens is 264 g/mol. The van der Waals surface area contributed by atoms with Crippen molar-refractivity contribution in [2.75, 3.05) is 0 Å². The summed E-state index contributed by atoms with van der Waals surface area (Å²) < 4.78 is 5.52. The molecule has 1 N–H and O–H groups in total. The maximum absolute atomic E-state index is 10.8. The molecule has 0 aliphatic carbocycles. The van der Waals surface area contributed by atoms with E-state index in [1.54, 1.807) is 24.3 Å². The second-order valence-electron chi connectivity index (χ2n) is 2.88. The first-order valence-electron chi connectivity index (χ1n) is 4.16. The van der Waals surface area contributed by atoms with Gasteiger partial charge in [-0.2, -0.15) is 0 Å². The number of benzene rings is 1. The van der Waals surface area contributed by atoms with Crippen LogP contribution in [0.1, 0.15) is 18.6 Å². The SMILES string of the molecule is CC(=O)OC(C(=O)O)c1ccc(Br)cc1. The molecule has 0 fully saturated rings. The predicted octanol–water partition coefficient (Wildman–Crippen LogP) is 2.14. The van der Waals surface area contributed by atoms with Gasteiger partial charge in [0.1, 0.15) is 0 Å². The number of hydrogen-bond donors (Lipinski definition) is 1. The smallest absolute Gasteiger partial charge is 0.349 e. The van der Waals surface area contributed by atoms with Crippen LogP contribution < -0.4 is 0 Å². The summed E-state index contributed by atoms with van der Waals surface area (Å²) >= 11 is 3.23. The number of rotatable bonds is 3. The molecular formula is C10H9BrO4. The molecule has 0 spiro atoms. The molecule has 0 saturated carbocycles. The van der Waals surface area contributed by atoms with Gasteiger partial charge < -0.3 is 9.84 Å². The van der Waals surface area contributed by atoms with E-state index in [-0.39, 0.29) is 0 Å². The zero-order valence-electron chi connectivity index (χ0n) is 7.94. The Morgan fingerprint density at radius 2 is 1.87 bits per heavy atom. The second kappa shape index (κ2) is 4.93. The number of hydrogen-bond acceptors (Lipinski definition) is 3. The van der Waals surface area contributed by atoms with E-state index in [1.807, 2.05) is 0 Å². The van der Waals surface area contributed by atoms with Gasteiger partial charge in [-0.1, -0.05) is 28.1 Å². The van der Waals surface area contributed by atoms with Crippen LogP contribution in [0.25, 0.3) is 0 Å². The molecule has 1 aromatic carbocycles. The topological polar surface area (TPSA) is 63.6 Å². The Balaban J connectivity index is 2.94. The van der Waals surface area contributed by atoms with Crippen LogP contribution in [0.2, 0.25) is 0 Å². The summed E-state index contributed by atoms with van der Waals surface area (Å²) in [5.41, 5.74) is 0.431. The van der Waals surface area contributed by atoms with Crippen LogP contribution in [0.3, 0.4) is 0 Å². The van der Waals surface area contributed by atoms with Gasteiger partial charge in [-0.25, -0.2) is 4.79 Å². The monoisotopic (exact) mass is 272 g/mol. The molecule has 0 amide bonds. The van der Waals surface area contributed by atoms with Crippen molar-refractivity contribution in [3.63, 3.8) is 0 Å². The molecule has 0 saturated heterocycles. The Hall–Kier alpha value is -1.36. The molecule has 80 valence electrons. The molecule has 0 radical (unpaired) electrons. The summed E-state index contributed by atoms with van der Waals surface area (Å²) in [7, 11) is 0. The van der Waals surface area contributed by atoms with E-state index in [1.165, 1.54) is 6.92 Å². The molecule has 5 heteroatoms. The molecule has 0 aliphatic heterocycles. The first-order valence-corrected chi connectivity index (χ1v) is 4.95. The van der Waals surface area contributed by atoms with Crippen molar-refractivity contribution in [2.24, 2.45) is 0 Å². The van der Waals surface area contributed by atoms with Crippen LogP contribution in [0.15, 0.2) is 28.7 Å². The van der Waals surface area contributed by atoms with Crippen molar-refractivity contribution in [3.05, 3.63) is 34.3 Å². The summed E-state index contributed by atoms with van der Waals surface area (Å²) in [4.78, 5) is 21.5. The number of ether oxygens (including phenoxy) is 1. The fraction of sp³-hybridized carbons (Fsp3) is 0.200. The maximum atomic E-state index is 10.8. The van der Waals surface area contributed by atoms with Crippen molar-refractivity contribution in [3.8, 4) is 0 Å². The van der Waals surface area contributed by atoms with Crippen molar-refractivity contribution in [2.45, 2.75) is 13.0 Å². The van der Waals surface area contributed by atoms with Gasteiger partial charge in [-0.3, -0.25) is 4.79 Å². The highest BCUT2D eigenvalue weighted by Crippen LogP contribution is 2.20. The third-order valence-electron chi connectivity index (χ3n) is 1.68. The molecule has 1 unspecified atom stereocenters. The van der Waals surface area contributed by atoms with Crippen molar-refractivity contribution < 1.29 is 19.4 Å². The molecule has 0 aliphatic rings. The number of carboxylic acids is 1. The van der Waals surface area contributed by atoms with Crippen LogP contribution in [0.5, 0.6) is 0 Å². The largest absolute Gasteiger partial charge is 0.478 e. The first-order chi connectivity index (χ1) is 7.00. The van der Waals surface area contributed by atoms with Gasteiger partial charge in [0, 0.05) is 17.0 Å². The number of halogens is 1. The molecule has 0 aromatic heterocycles. The number of aliphatic carboxylic acids is 1. The lowest BCUT2D eigenvalue weighted by Crippen LogP contribution is -2.17. The van der Waals surface area contributed by atoms with Gasteiger partial charge in [-0.05, 0) is 12.1 Å². The predicted molar refractivity (Wildman–Crippen MR) is 56.3 cm³/mol. The Kier molecular flexibility index (Phi) is 3.85. The number of carboxylic acid groups (broad SMARTS) is 1. The van der Waals surface area contributed by atoms with E-state index in [2.05, 4.69) is 20.7 Å².